The van der Waals surface area contributed by atoms with Crippen LogP contribution in [0.25, 0.3) is 0 Å². The standard InChI is InChI=1S/C8H14O5/c9-3-4-5(10)6(11)8(1-2-8)7(12)13-4/h4-7,9-12H,1-3H2/t4-,5-,6+,7-/m0/s1. The molecule has 0 bridgehead atoms. The number of hydrogen-bond acceptors (Lipinski definition) is 5. The zero-order chi connectivity index (χ0) is 9.64. The predicted molar refractivity (Wildman–Crippen MR) is 41.6 cm³/mol. The van der Waals surface area contributed by atoms with Crippen molar-refractivity contribution in [2.24, 2.45) is 5.41 Å². The van der Waals surface area contributed by atoms with Crippen molar-refractivity contribution in [2.45, 2.75) is 37.4 Å². The van der Waals surface area contributed by atoms with Crippen molar-refractivity contribution in [3.8, 4) is 0 Å². The summed E-state index contributed by atoms with van der Waals surface area (Å²) in [5.74, 6) is 0. The number of aliphatic hydroxyl groups is 4. The molecule has 0 unspecified atom stereocenters. The van der Waals surface area contributed by atoms with Gasteiger partial charge in [-0.25, -0.2) is 0 Å². The average molecular weight is 190 g/mol. The van der Waals surface area contributed by atoms with Gasteiger partial charge in [-0.1, -0.05) is 0 Å². The Kier molecular flexibility index (Phi) is 2.08. The lowest BCUT2D eigenvalue weighted by Crippen LogP contribution is -2.56. The summed E-state index contributed by atoms with van der Waals surface area (Å²) in [4.78, 5) is 0. The maximum absolute atomic E-state index is 9.64. The van der Waals surface area contributed by atoms with Gasteiger partial charge in [0.1, 0.15) is 12.2 Å². The first-order chi connectivity index (χ1) is 6.12. The Bertz CT molecular complexity index is 203. The molecule has 76 valence electrons. The van der Waals surface area contributed by atoms with Crippen molar-refractivity contribution in [1.82, 2.24) is 0 Å². The summed E-state index contributed by atoms with van der Waals surface area (Å²) in [6.45, 7) is -0.397. The van der Waals surface area contributed by atoms with Crippen molar-refractivity contribution in [3.63, 3.8) is 0 Å². The summed E-state index contributed by atoms with van der Waals surface area (Å²) < 4.78 is 4.99. The van der Waals surface area contributed by atoms with E-state index in [4.69, 9.17) is 9.84 Å². The molecule has 1 spiro atoms. The number of ether oxygens (including phenoxy) is 1. The largest absolute Gasteiger partial charge is 0.394 e. The molecule has 1 heterocycles. The van der Waals surface area contributed by atoms with Crippen LogP contribution in [0.15, 0.2) is 0 Å². The highest BCUT2D eigenvalue weighted by Crippen LogP contribution is 2.55. The molecule has 2 aliphatic rings. The Labute approximate surface area is 75.6 Å². The molecule has 1 aliphatic carbocycles. The number of hydrogen-bond donors (Lipinski definition) is 4. The van der Waals surface area contributed by atoms with Crippen LogP contribution in [0.5, 0.6) is 0 Å². The molecule has 1 saturated carbocycles. The summed E-state index contributed by atoms with van der Waals surface area (Å²) in [5, 5.41) is 37.4. The smallest absolute Gasteiger partial charge is 0.163 e. The van der Waals surface area contributed by atoms with E-state index in [-0.39, 0.29) is 0 Å². The van der Waals surface area contributed by atoms with Gasteiger partial charge in [-0.3, -0.25) is 0 Å². The molecular formula is C8H14O5. The van der Waals surface area contributed by atoms with Crippen LogP contribution in [-0.2, 0) is 4.74 Å². The van der Waals surface area contributed by atoms with Gasteiger partial charge in [-0.2, -0.15) is 0 Å². The van der Waals surface area contributed by atoms with E-state index in [0.717, 1.165) is 0 Å². The maximum Gasteiger partial charge on any atom is 0.163 e. The molecule has 0 amide bonds. The van der Waals surface area contributed by atoms with Crippen molar-refractivity contribution < 1.29 is 25.2 Å². The Morgan fingerprint density at radius 2 is 1.85 bits per heavy atom. The molecule has 13 heavy (non-hydrogen) atoms. The molecule has 0 aromatic heterocycles. The van der Waals surface area contributed by atoms with Gasteiger partial charge in [0.05, 0.1) is 12.7 Å². The Morgan fingerprint density at radius 1 is 1.23 bits per heavy atom. The minimum Gasteiger partial charge on any atom is -0.394 e. The molecule has 1 aliphatic heterocycles. The lowest BCUT2D eigenvalue weighted by Gasteiger charge is -2.40. The van der Waals surface area contributed by atoms with Gasteiger partial charge < -0.3 is 25.2 Å². The molecule has 1 saturated heterocycles. The van der Waals surface area contributed by atoms with Crippen LogP contribution in [0, 0.1) is 5.41 Å². The van der Waals surface area contributed by atoms with Crippen LogP contribution >= 0.6 is 0 Å². The second-order valence-corrected chi connectivity index (χ2v) is 3.88. The molecule has 5 nitrogen and oxygen atoms in total. The predicted octanol–water partition coefficient (Wildman–Crippen LogP) is -1.80. The highest BCUT2D eigenvalue weighted by Gasteiger charge is 2.62. The van der Waals surface area contributed by atoms with Crippen molar-refractivity contribution in [2.75, 3.05) is 6.61 Å². The highest BCUT2D eigenvalue weighted by atomic mass is 16.6. The van der Waals surface area contributed by atoms with Gasteiger partial charge in [-0.05, 0) is 12.8 Å². The second kappa shape index (κ2) is 2.90. The fourth-order valence-electron chi connectivity index (χ4n) is 1.91. The molecule has 0 aromatic rings. The lowest BCUT2D eigenvalue weighted by molar-refractivity contribution is -0.279. The minimum atomic E-state index is -1.10. The molecule has 4 N–H and O–H groups in total. The fraction of sp³-hybridized carbons (Fsp3) is 1.00. The van der Waals surface area contributed by atoms with Gasteiger partial charge in [0.15, 0.2) is 6.29 Å². The topological polar surface area (TPSA) is 90.2 Å². The van der Waals surface area contributed by atoms with Crippen molar-refractivity contribution in [1.29, 1.82) is 0 Å². The van der Waals surface area contributed by atoms with Crippen molar-refractivity contribution in [3.05, 3.63) is 0 Å². The molecule has 0 radical (unpaired) electrons. The summed E-state index contributed by atoms with van der Waals surface area (Å²) >= 11 is 0. The Morgan fingerprint density at radius 3 is 2.31 bits per heavy atom. The third kappa shape index (κ3) is 1.19. The van der Waals surface area contributed by atoms with E-state index in [0.29, 0.717) is 12.8 Å². The Hall–Kier alpha value is -0.200. The summed E-state index contributed by atoms with van der Waals surface area (Å²) in [6.07, 6.45) is -2.72. The van der Waals surface area contributed by atoms with E-state index >= 15 is 0 Å². The summed E-state index contributed by atoms with van der Waals surface area (Å²) in [5.41, 5.74) is -0.676. The molecule has 5 heteroatoms. The van der Waals surface area contributed by atoms with E-state index < -0.39 is 36.6 Å². The van der Waals surface area contributed by atoms with Crippen LogP contribution in [0.1, 0.15) is 12.8 Å². The zero-order valence-electron chi connectivity index (χ0n) is 7.13. The zero-order valence-corrected chi connectivity index (χ0v) is 7.13. The third-order valence-electron chi connectivity index (χ3n) is 3.10. The van der Waals surface area contributed by atoms with Gasteiger partial charge in [0.2, 0.25) is 0 Å². The Balaban J connectivity index is 2.13. The molecule has 2 fully saturated rings. The highest BCUT2D eigenvalue weighted by molar-refractivity contribution is 5.07. The first-order valence-corrected chi connectivity index (χ1v) is 4.42. The third-order valence-corrected chi connectivity index (χ3v) is 3.10. The SMILES string of the molecule is OC[C@@H]1O[C@H](O)C2(CC2)[C@H](O)[C@H]1O. The monoisotopic (exact) mass is 190 g/mol. The van der Waals surface area contributed by atoms with Crippen LogP contribution in [0.4, 0.5) is 0 Å². The van der Waals surface area contributed by atoms with Crippen LogP contribution in [0.2, 0.25) is 0 Å². The van der Waals surface area contributed by atoms with E-state index in [1.54, 1.807) is 0 Å². The maximum atomic E-state index is 9.64. The van der Waals surface area contributed by atoms with Crippen LogP contribution in [0.3, 0.4) is 0 Å². The number of rotatable bonds is 1. The van der Waals surface area contributed by atoms with Crippen LogP contribution < -0.4 is 0 Å². The van der Waals surface area contributed by atoms with E-state index in [2.05, 4.69) is 0 Å². The molecule has 2 rings (SSSR count). The van der Waals surface area contributed by atoms with Gasteiger partial charge in [0.25, 0.3) is 0 Å². The average Bonchev–Trinajstić information content (AvgIpc) is 2.90. The summed E-state index contributed by atoms with van der Waals surface area (Å²) in [6, 6.07) is 0. The quantitative estimate of drug-likeness (QED) is 0.391. The second-order valence-electron chi connectivity index (χ2n) is 3.88. The summed E-state index contributed by atoms with van der Waals surface area (Å²) in [7, 11) is 0. The van der Waals surface area contributed by atoms with Gasteiger partial charge in [0, 0.05) is 5.41 Å². The van der Waals surface area contributed by atoms with Gasteiger partial charge in [-0.15, -0.1) is 0 Å². The first-order valence-electron chi connectivity index (χ1n) is 4.42. The molecular weight excluding hydrogens is 176 g/mol. The van der Waals surface area contributed by atoms with Crippen LogP contribution in [-0.4, -0.2) is 51.6 Å². The van der Waals surface area contributed by atoms with E-state index in [1.807, 2.05) is 0 Å². The van der Waals surface area contributed by atoms with E-state index in [9.17, 15) is 15.3 Å². The first kappa shape index (κ1) is 9.36. The lowest BCUT2D eigenvalue weighted by atomic mass is 9.88. The minimum absolute atomic E-state index is 0.397. The van der Waals surface area contributed by atoms with E-state index in [1.165, 1.54) is 0 Å². The molecule has 4 atom stereocenters. The molecule has 0 aromatic carbocycles. The normalized spacial score (nSPS) is 48.0. The van der Waals surface area contributed by atoms with Gasteiger partial charge >= 0.3 is 0 Å². The van der Waals surface area contributed by atoms with Crippen molar-refractivity contribution >= 4 is 0 Å². The number of aliphatic hydroxyl groups excluding tert-OH is 4. The fourth-order valence-corrected chi connectivity index (χ4v) is 1.91.